The molecule has 2 heteroatoms. The molecule has 1 aliphatic heterocycles. The molecule has 0 bridgehead atoms. The summed E-state index contributed by atoms with van der Waals surface area (Å²) < 4.78 is 5.68. The SMILES string of the molecule is CC.CC.COC1c2ccccc2[B]c2ccc(C)cc21. The summed E-state index contributed by atoms with van der Waals surface area (Å²) in [6, 6.07) is 15.0. The fourth-order valence-corrected chi connectivity index (χ4v) is 2.52. The van der Waals surface area contributed by atoms with E-state index >= 15 is 0 Å². The molecule has 0 amide bonds. The first-order valence-corrected chi connectivity index (χ1v) is 7.86. The first kappa shape index (κ1) is 17.5. The average molecular weight is 281 g/mol. The van der Waals surface area contributed by atoms with Gasteiger partial charge in [-0.2, -0.15) is 0 Å². The van der Waals surface area contributed by atoms with Crippen LogP contribution in [0.1, 0.15) is 50.5 Å². The van der Waals surface area contributed by atoms with Gasteiger partial charge in [0, 0.05) is 7.11 Å². The molecule has 0 spiro atoms. The number of rotatable bonds is 1. The molecule has 1 radical (unpaired) electrons. The zero-order valence-corrected chi connectivity index (χ0v) is 14.1. The van der Waals surface area contributed by atoms with E-state index in [2.05, 4.69) is 56.7 Å². The van der Waals surface area contributed by atoms with E-state index < -0.39 is 0 Å². The lowest BCUT2D eigenvalue weighted by Gasteiger charge is -2.27. The Bertz CT molecular complexity index is 563. The molecule has 21 heavy (non-hydrogen) atoms. The van der Waals surface area contributed by atoms with Gasteiger partial charge in [-0.25, -0.2) is 0 Å². The zero-order chi connectivity index (χ0) is 15.8. The van der Waals surface area contributed by atoms with Gasteiger partial charge in [0.1, 0.15) is 6.10 Å². The number of hydrogen-bond acceptors (Lipinski definition) is 1. The van der Waals surface area contributed by atoms with E-state index in [0.29, 0.717) is 0 Å². The monoisotopic (exact) mass is 281 g/mol. The van der Waals surface area contributed by atoms with Crippen LogP contribution >= 0.6 is 0 Å². The first-order chi connectivity index (χ1) is 10.3. The van der Waals surface area contributed by atoms with Crippen LogP contribution in [0, 0.1) is 6.92 Å². The van der Waals surface area contributed by atoms with E-state index in [4.69, 9.17) is 4.74 Å². The standard InChI is InChI=1S/C15H14BO.2C2H6/c1-10-7-8-14-12(9-10)15(17-2)11-5-3-4-6-13(11)16-14;2*1-2/h3-9,15H,1-2H3;2*1-2H3. The Morgan fingerprint density at radius 2 is 1.48 bits per heavy atom. The summed E-state index contributed by atoms with van der Waals surface area (Å²) in [5, 5.41) is 0. The second-order valence-electron chi connectivity index (χ2n) is 4.52. The Balaban J connectivity index is 0.000000510. The fraction of sp³-hybridized carbons (Fsp3) is 0.368. The smallest absolute Gasteiger partial charge is 0.192 e. The number of hydrogen-bond donors (Lipinski definition) is 0. The normalized spacial score (nSPS) is 14.3. The van der Waals surface area contributed by atoms with Gasteiger partial charge in [0.25, 0.3) is 0 Å². The van der Waals surface area contributed by atoms with Gasteiger partial charge in [-0.3, -0.25) is 0 Å². The Morgan fingerprint density at radius 3 is 2.14 bits per heavy atom. The summed E-state index contributed by atoms with van der Waals surface area (Å²) in [6.45, 7) is 10.1. The molecule has 0 saturated carbocycles. The molecule has 1 heterocycles. The third kappa shape index (κ3) is 3.76. The highest BCUT2D eigenvalue weighted by Crippen LogP contribution is 2.26. The van der Waals surface area contributed by atoms with Gasteiger partial charge in [-0.15, -0.1) is 0 Å². The molecule has 0 saturated heterocycles. The third-order valence-electron chi connectivity index (χ3n) is 3.35. The molecular weight excluding hydrogens is 255 g/mol. The van der Waals surface area contributed by atoms with Crippen molar-refractivity contribution in [2.45, 2.75) is 40.7 Å². The molecule has 111 valence electrons. The van der Waals surface area contributed by atoms with Gasteiger partial charge >= 0.3 is 0 Å². The van der Waals surface area contributed by atoms with Gasteiger partial charge in [-0.05, 0) is 18.1 Å². The highest BCUT2D eigenvalue weighted by molar-refractivity contribution is 6.69. The van der Waals surface area contributed by atoms with Gasteiger partial charge in [0.05, 0.1) is 0 Å². The summed E-state index contributed by atoms with van der Waals surface area (Å²) in [7, 11) is 4.01. The predicted molar refractivity (Wildman–Crippen MR) is 94.2 cm³/mol. The number of benzene rings is 2. The minimum atomic E-state index is 0.0612. The summed E-state index contributed by atoms with van der Waals surface area (Å²) in [6.07, 6.45) is 0.0612. The van der Waals surface area contributed by atoms with Crippen molar-refractivity contribution >= 4 is 18.2 Å². The third-order valence-corrected chi connectivity index (χ3v) is 3.35. The van der Waals surface area contributed by atoms with Crippen LogP contribution < -0.4 is 10.9 Å². The minimum Gasteiger partial charge on any atom is -0.372 e. The van der Waals surface area contributed by atoms with Gasteiger partial charge in [-0.1, -0.05) is 86.6 Å². The topological polar surface area (TPSA) is 9.23 Å². The van der Waals surface area contributed by atoms with E-state index in [9.17, 15) is 0 Å². The van der Waals surface area contributed by atoms with Crippen LogP contribution in [0.4, 0.5) is 0 Å². The van der Waals surface area contributed by atoms with Crippen molar-refractivity contribution in [3.8, 4) is 0 Å². The Kier molecular flexibility index (Phi) is 7.24. The van der Waals surface area contributed by atoms with Crippen molar-refractivity contribution in [2.75, 3.05) is 7.11 Å². The van der Waals surface area contributed by atoms with E-state index in [1.54, 1.807) is 7.11 Å². The molecular formula is C19H26BO. The number of aryl methyl sites for hydroxylation is 1. The maximum absolute atomic E-state index is 5.68. The average Bonchev–Trinajstić information content (AvgIpc) is 2.56. The molecule has 2 aromatic rings. The molecule has 0 aromatic heterocycles. The van der Waals surface area contributed by atoms with Crippen molar-refractivity contribution in [3.63, 3.8) is 0 Å². The summed E-state index contributed by atoms with van der Waals surface area (Å²) in [5.74, 6) is 0. The molecule has 1 nitrogen and oxygen atoms in total. The molecule has 0 fully saturated rings. The Morgan fingerprint density at radius 1 is 0.857 bits per heavy atom. The van der Waals surface area contributed by atoms with Crippen LogP contribution in [0.5, 0.6) is 0 Å². The van der Waals surface area contributed by atoms with Crippen molar-refractivity contribution < 1.29 is 4.74 Å². The lowest BCUT2D eigenvalue weighted by atomic mass is 9.56. The number of methoxy groups -OCH3 is 1. The van der Waals surface area contributed by atoms with Gasteiger partial charge in [0.2, 0.25) is 0 Å². The van der Waals surface area contributed by atoms with Crippen molar-refractivity contribution in [1.82, 2.24) is 0 Å². The number of ether oxygens (including phenoxy) is 1. The van der Waals surface area contributed by atoms with E-state index in [1.807, 2.05) is 27.7 Å². The second kappa shape index (κ2) is 8.69. The van der Waals surface area contributed by atoms with Crippen LogP contribution in [-0.2, 0) is 4.74 Å². The van der Waals surface area contributed by atoms with E-state index in [1.165, 1.54) is 27.6 Å². The molecule has 0 N–H and O–H groups in total. The highest BCUT2D eigenvalue weighted by atomic mass is 16.5. The highest BCUT2D eigenvalue weighted by Gasteiger charge is 2.25. The summed E-state index contributed by atoms with van der Waals surface area (Å²) in [5.41, 5.74) is 6.33. The lowest BCUT2D eigenvalue weighted by molar-refractivity contribution is 0.137. The largest absolute Gasteiger partial charge is 0.372 e. The van der Waals surface area contributed by atoms with Gasteiger partial charge in [0.15, 0.2) is 7.28 Å². The minimum absolute atomic E-state index is 0.0612. The first-order valence-electron chi connectivity index (χ1n) is 7.86. The molecule has 2 aromatic carbocycles. The molecule has 3 rings (SSSR count). The number of fused-ring (bicyclic) bond motifs is 2. The quantitative estimate of drug-likeness (QED) is 0.723. The van der Waals surface area contributed by atoms with Crippen LogP contribution in [0.2, 0.25) is 0 Å². The second-order valence-corrected chi connectivity index (χ2v) is 4.52. The molecule has 0 aliphatic carbocycles. The van der Waals surface area contributed by atoms with Crippen molar-refractivity contribution in [1.29, 1.82) is 0 Å². The molecule has 1 atom stereocenters. The van der Waals surface area contributed by atoms with Crippen LogP contribution in [-0.4, -0.2) is 14.4 Å². The zero-order valence-electron chi connectivity index (χ0n) is 14.1. The van der Waals surface area contributed by atoms with E-state index in [-0.39, 0.29) is 6.10 Å². The summed E-state index contributed by atoms with van der Waals surface area (Å²) >= 11 is 0. The lowest BCUT2D eigenvalue weighted by Crippen LogP contribution is -2.39. The van der Waals surface area contributed by atoms with Gasteiger partial charge < -0.3 is 4.74 Å². The van der Waals surface area contributed by atoms with Crippen LogP contribution in [0.25, 0.3) is 0 Å². The molecule has 1 aliphatic rings. The Hall–Kier alpha value is -1.54. The van der Waals surface area contributed by atoms with Crippen LogP contribution in [0.3, 0.4) is 0 Å². The summed E-state index contributed by atoms with van der Waals surface area (Å²) in [4.78, 5) is 0. The van der Waals surface area contributed by atoms with Crippen LogP contribution in [0.15, 0.2) is 42.5 Å². The fourth-order valence-electron chi connectivity index (χ4n) is 2.52. The maximum Gasteiger partial charge on any atom is 0.192 e. The Labute approximate surface area is 130 Å². The maximum atomic E-state index is 5.68. The molecule has 1 unspecified atom stereocenters. The van der Waals surface area contributed by atoms with E-state index in [0.717, 1.165) is 0 Å². The van der Waals surface area contributed by atoms with Crippen molar-refractivity contribution in [2.24, 2.45) is 0 Å². The van der Waals surface area contributed by atoms with Crippen molar-refractivity contribution in [3.05, 3.63) is 59.2 Å². The predicted octanol–water partition coefficient (Wildman–Crippen LogP) is 3.75.